The molecule has 8 heteroatoms. The third-order valence-corrected chi connectivity index (χ3v) is 6.30. The molecular weight excluding hydrogens is 412 g/mol. The Morgan fingerprint density at radius 1 is 1.03 bits per heavy atom. The first kappa shape index (κ1) is 21.9. The van der Waals surface area contributed by atoms with E-state index in [1.807, 2.05) is 26.0 Å². The number of ether oxygens (including phenoxy) is 1. The zero-order chi connectivity index (χ0) is 23.0. The number of Topliss-reactive ketones (excluding diaryl/α,β-unsaturated/α-hetero) is 1. The lowest BCUT2D eigenvalue weighted by Gasteiger charge is -2.16. The van der Waals surface area contributed by atoms with Gasteiger partial charge >= 0.3 is 5.97 Å². The Kier molecular flexibility index (Phi) is 5.95. The van der Waals surface area contributed by atoms with Gasteiger partial charge in [0.15, 0.2) is 12.4 Å². The number of fused-ring (bicyclic) bond motifs is 5. The molecule has 1 N–H and O–H groups in total. The molecule has 3 amide bonds. The Balaban J connectivity index is 1.26. The standard InChI is InChI=1S/C24H26N2O6/c1-13(2)9-19(28)25-17-7-5-14(6-8-17)18(27)12-32-20(29)11-26-23(30)21-15-3-4-16(10-15)22(21)24(26)31/h3-8,13,15-16,21-22H,9-12H2,1-2H3,(H,25,28). The minimum Gasteiger partial charge on any atom is -0.456 e. The van der Waals surface area contributed by atoms with Crippen molar-refractivity contribution >= 4 is 35.2 Å². The summed E-state index contributed by atoms with van der Waals surface area (Å²) in [5.41, 5.74) is 0.898. The molecule has 4 unspecified atom stereocenters. The van der Waals surface area contributed by atoms with Gasteiger partial charge in [0.05, 0.1) is 11.8 Å². The molecule has 4 rings (SSSR count). The fourth-order valence-electron chi connectivity index (χ4n) is 4.85. The number of imide groups is 1. The highest BCUT2D eigenvalue weighted by molar-refractivity contribution is 6.08. The van der Waals surface area contributed by atoms with Crippen molar-refractivity contribution in [2.45, 2.75) is 26.7 Å². The lowest BCUT2D eigenvalue weighted by molar-refractivity contribution is -0.152. The fraction of sp³-hybridized carbons (Fsp3) is 0.458. The number of ketones is 1. The van der Waals surface area contributed by atoms with E-state index >= 15 is 0 Å². The van der Waals surface area contributed by atoms with Crippen molar-refractivity contribution < 1.29 is 28.7 Å². The zero-order valence-electron chi connectivity index (χ0n) is 18.1. The highest BCUT2D eigenvalue weighted by atomic mass is 16.5. The Morgan fingerprint density at radius 3 is 2.19 bits per heavy atom. The van der Waals surface area contributed by atoms with E-state index in [9.17, 15) is 24.0 Å². The number of esters is 1. The Bertz CT molecular complexity index is 966. The van der Waals surface area contributed by atoms with E-state index in [1.165, 1.54) is 0 Å². The van der Waals surface area contributed by atoms with Crippen molar-refractivity contribution in [1.82, 2.24) is 4.90 Å². The van der Waals surface area contributed by atoms with Gasteiger partial charge in [-0.15, -0.1) is 0 Å². The Morgan fingerprint density at radius 2 is 1.62 bits per heavy atom. The molecule has 168 valence electrons. The van der Waals surface area contributed by atoms with Gasteiger partial charge in [-0.25, -0.2) is 0 Å². The highest BCUT2D eigenvalue weighted by Gasteiger charge is 2.59. The summed E-state index contributed by atoms with van der Waals surface area (Å²) in [6.07, 6.45) is 5.19. The molecule has 3 aliphatic rings. The van der Waals surface area contributed by atoms with E-state index < -0.39 is 24.9 Å². The van der Waals surface area contributed by atoms with Gasteiger partial charge in [-0.1, -0.05) is 26.0 Å². The maximum atomic E-state index is 12.6. The number of hydrogen-bond donors (Lipinski definition) is 1. The van der Waals surface area contributed by atoms with Crippen LogP contribution in [0.15, 0.2) is 36.4 Å². The Hall–Kier alpha value is -3.29. The third-order valence-electron chi connectivity index (χ3n) is 6.30. The molecule has 1 aliphatic heterocycles. The molecule has 2 bridgehead atoms. The van der Waals surface area contributed by atoms with Crippen molar-refractivity contribution in [3.63, 3.8) is 0 Å². The predicted molar refractivity (Wildman–Crippen MR) is 114 cm³/mol. The summed E-state index contributed by atoms with van der Waals surface area (Å²) >= 11 is 0. The lowest BCUT2D eigenvalue weighted by atomic mass is 9.85. The average molecular weight is 438 g/mol. The van der Waals surface area contributed by atoms with E-state index in [0.29, 0.717) is 17.7 Å². The molecule has 1 heterocycles. The topological polar surface area (TPSA) is 110 Å². The van der Waals surface area contributed by atoms with E-state index in [-0.39, 0.29) is 47.3 Å². The molecule has 2 aliphatic carbocycles. The van der Waals surface area contributed by atoms with Gasteiger partial charge in [0.2, 0.25) is 17.7 Å². The van der Waals surface area contributed by atoms with Gasteiger partial charge in [-0.05, 0) is 48.4 Å². The van der Waals surface area contributed by atoms with Gasteiger partial charge in [0.1, 0.15) is 6.54 Å². The van der Waals surface area contributed by atoms with Gasteiger partial charge in [0.25, 0.3) is 0 Å². The quantitative estimate of drug-likeness (QED) is 0.288. The first-order valence-electron chi connectivity index (χ1n) is 10.9. The molecule has 0 radical (unpaired) electrons. The van der Waals surface area contributed by atoms with E-state index in [4.69, 9.17) is 4.74 Å². The molecule has 1 aromatic rings. The number of likely N-dealkylation sites (tertiary alicyclic amines) is 1. The molecular formula is C24H26N2O6. The maximum Gasteiger partial charge on any atom is 0.326 e. The average Bonchev–Trinajstić information content (AvgIpc) is 3.42. The first-order chi connectivity index (χ1) is 15.2. The van der Waals surface area contributed by atoms with Crippen LogP contribution >= 0.6 is 0 Å². The largest absolute Gasteiger partial charge is 0.456 e. The molecule has 2 fully saturated rings. The van der Waals surface area contributed by atoms with Crippen molar-refractivity contribution in [2.75, 3.05) is 18.5 Å². The van der Waals surface area contributed by atoms with Crippen LogP contribution in [0, 0.1) is 29.6 Å². The number of carbonyl (C=O) groups excluding carboxylic acids is 5. The number of benzene rings is 1. The normalized spacial score (nSPS) is 25.4. The van der Waals surface area contributed by atoms with Crippen LogP contribution in [0.5, 0.6) is 0 Å². The lowest BCUT2D eigenvalue weighted by Crippen LogP contribution is -2.38. The summed E-state index contributed by atoms with van der Waals surface area (Å²) in [5, 5.41) is 2.76. The van der Waals surface area contributed by atoms with Crippen LogP contribution in [-0.4, -0.2) is 47.5 Å². The fourth-order valence-corrected chi connectivity index (χ4v) is 4.85. The molecule has 8 nitrogen and oxygen atoms in total. The van der Waals surface area contributed by atoms with Crippen LogP contribution in [-0.2, 0) is 23.9 Å². The van der Waals surface area contributed by atoms with E-state index in [2.05, 4.69) is 5.32 Å². The molecule has 0 spiro atoms. The van der Waals surface area contributed by atoms with Crippen molar-refractivity contribution in [3.05, 3.63) is 42.0 Å². The molecule has 1 saturated heterocycles. The zero-order valence-corrected chi connectivity index (χ0v) is 18.1. The second-order valence-electron chi connectivity index (χ2n) is 9.07. The van der Waals surface area contributed by atoms with Crippen LogP contribution in [0.2, 0.25) is 0 Å². The number of rotatable bonds is 8. The van der Waals surface area contributed by atoms with E-state index in [0.717, 1.165) is 11.3 Å². The first-order valence-corrected chi connectivity index (χ1v) is 10.9. The van der Waals surface area contributed by atoms with Gasteiger partial charge in [0, 0.05) is 17.7 Å². The molecule has 4 atom stereocenters. The number of nitrogens with zero attached hydrogens (tertiary/aromatic N) is 1. The van der Waals surface area contributed by atoms with Crippen molar-refractivity contribution in [1.29, 1.82) is 0 Å². The third kappa shape index (κ3) is 4.22. The van der Waals surface area contributed by atoms with Crippen LogP contribution in [0.4, 0.5) is 5.69 Å². The summed E-state index contributed by atoms with van der Waals surface area (Å²) in [6.45, 7) is 2.93. The molecule has 0 aromatic heterocycles. The molecule has 32 heavy (non-hydrogen) atoms. The second kappa shape index (κ2) is 8.68. The number of nitrogens with one attached hydrogen (secondary N) is 1. The van der Waals surface area contributed by atoms with Gasteiger partial charge in [-0.2, -0.15) is 0 Å². The summed E-state index contributed by atoms with van der Waals surface area (Å²) in [7, 11) is 0. The number of allylic oxidation sites excluding steroid dienone is 2. The maximum absolute atomic E-state index is 12.6. The monoisotopic (exact) mass is 438 g/mol. The highest BCUT2D eigenvalue weighted by Crippen LogP contribution is 2.52. The predicted octanol–water partition coefficient (Wildman–Crippen LogP) is 2.20. The van der Waals surface area contributed by atoms with Gasteiger partial charge < -0.3 is 10.1 Å². The van der Waals surface area contributed by atoms with Crippen LogP contribution < -0.4 is 5.32 Å². The van der Waals surface area contributed by atoms with Crippen LogP contribution in [0.25, 0.3) is 0 Å². The smallest absolute Gasteiger partial charge is 0.326 e. The summed E-state index contributed by atoms with van der Waals surface area (Å²) in [5.74, 6) is -2.32. The molecule has 1 aromatic carbocycles. The Labute approximate surface area is 186 Å². The summed E-state index contributed by atoms with van der Waals surface area (Å²) in [6, 6.07) is 6.29. The van der Waals surface area contributed by atoms with Crippen molar-refractivity contribution in [2.24, 2.45) is 29.6 Å². The van der Waals surface area contributed by atoms with Crippen LogP contribution in [0.1, 0.15) is 37.0 Å². The SMILES string of the molecule is CC(C)CC(=O)Nc1ccc(C(=O)COC(=O)CN2C(=O)C3C4C=CC(C4)C3C2=O)cc1. The number of amides is 3. The van der Waals surface area contributed by atoms with Gasteiger partial charge in [-0.3, -0.25) is 28.9 Å². The minimum atomic E-state index is -0.794. The number of carbonyl (C=O) groups is 5. The van der Waals surface area contributed by atoms with Crippen molar-refractivity contribution in [3.8, 4) is 0 Å². The number of hydrogen-bond acceptors (Lipinski definition) is 6. The number of anilines is 1. The summed E-state index contributed by atoms with van der Waals surface area (Å²) < 4.78 is 5.03. The van der Waals surface area contributed by atoms with Crippen LogP contribution in [0.3, 0.4) is 0 Å². The van der Waals surface area contributed by atoms with E-state index in [1.54, 1.807) is 24.3 Å². The second-order valence-corrected chi connectivity index (χ2v) is 9.07. The minimum absolute atomic E-state index is 0.0715. The summed E-state index contributed by atoms with van der Waals surface area (Å²) in [4.78, 5) is 62.6. The molecule has 1 saturated carbocycles.